The van der Waals surface area contributed by atoms with E-state index < -0.39 is 6.36 Å². The Morgan fingerprint density at radius 1 is 1.17 bits per heavy atom. The molecule has 0 radical (unpaired) electrons. The molecule has 0 fully saturated rings. The molecule has 2 rings (SSSR count). The Balaban J connectivity index is 1.77. The number of carbonyl (C=O) groups excluding carboxylic acids is 1. The number of hydrogen-bond donors (Lipinski definition) is 1. The number of benzene rings is 2. The minimum Gasteiger partial charge on any atom is -0.493 e. The molecule has 0 aliphatic rings. The van der Waals surface area contributed by atoms with Gasteiger partial charge in [0.05, 0.1) is 31.4 Å². The fourth-order valence-corrected chi connectivity index (χ4v) is 2.63. The monoisotopic (exact) mass is 422 g/mol. The summed E-state index contributed by atoms with van der Waals surface area (Å²) in [6, 6.07) is 11.8. The van der Waals surface area contributed by atoms with Crippen molar-refractivity contribution >= 4 is 5.91 Å². The van der Waals surface area contributed by atoms with Crippen molar-refractivity contribution in [2.45, 2.75) is 32.2 Å². The van der Waals surface area contributed by atoms with Crippen LogP contribution in [-0.2, 0) is 4.79 Å². The van der Waals surface area contributed by atoms with Gasteiger partial charge >= 0.3 is 6.36 Å². The summed E-state index contributed by atoms with van der Waals surface area (Å²) in [5.41, 5.74) is 1.10. The number of methoxy groups -OCH3 is 1. The van der Waals surface area contributed by atoms with Crippen molar-refractivity contribution in [2.24, 2.45) is 0 Å². The zero-order valence-electron chi connectivity index (χ0n) is 16.5. The van der Waals surface area contributed by atoms with Crippen LogP contribution in [0.5, 0.6) is 17.2 Å². The lowest BCUT2D eigenvalue weighted by molar-refractivity contribution is -0.274. The smallest absolute Gasteiger partial charge is 0.493 e. The zero-order chi connectivity index (χ0) is 22.1. The van der Waals surface area contributed by atoms with E-state index >= 15 is 0 Å². The Hall–Kier alpha value is -3.41. The third kappa shape index (κ3) is 7.20. The third-order valence-electron chi connectivity index (χ3n) is 4.09. The van der Waals surface area contributed by atoms with Gasteiger partial charge in [-0.15, -0.1) is 13.2 Å². The van der Waals surface area contributed by atoms with E-state index in [1.807, 2.05) is 6.07 Å². The molecular formula is C21H21F3N2O4. The Labute approximate surface area is 172 Å². The van der Waals surface area contributed by atoms with Gasteiger partial charge in [0.25, 0.3) is 0 Å². The van der Waals surface area contributed by atoms with Gasteiger partial charge in [0.15, 0.2) is 11.5 Å². The summed E-state index contributed by atoms with van der Waals surface area (Å²) >= 11 is 0. The summed E-state index contributed by atoms with van der Waals surface area (Å²) < 4.78 is 51.2. The van der Waals surface area contributed by atoms with Crippen molar-refractivity contribution in [1.29, 1.82) is 5.26 Å². The maximum absolute atomic E-state index is 12.2. The van der Waals surface area contributed by atoms with E-state index in [0.717, 1.165) is 0 Å². The van der Waals surface area contributed by atoms with Crippen LogP contribution in [0.3, 0.4) is 0 Å². The topological polar surface area (TPSA) is 80.6 Å². The quantitative estimate of drug-likeness (QED) is 0.602. The highest BCUT2D eigenvalue weighted by Crippen LogP contribution is 2.28. The second kappa shape index (κ2) is 10.4. The van der Waals surface area contributed by atoms with Crippen molar-refractivity contribution < 1.29 is 32.2 Å². The van der Waals surface area contributed by atoms with E-state index in [-0.39, 0.29) is 30.7 Å². The van der Waals surface area contributed by atoms with Crippen LogP contribution >= 0.6 is 0 Å². The van der Waals surface area contributed by atoms with Crippen LogP contribution in [0.1, 0.15) is 36.9 Å². The van der Waals surface area contributed by atoms with Gasteiger partial charge in [-0.2, -0.15) is 5.26 Å². The molecule has 0 bridgehead atoms. The lowest BCUT2D eigenvalue weighted by atomic mass is 10.1. The van der Waals surface area contributed by atoms with E-state index in [2.05, 4.69) is 10.1 Å². The van der Waals surface area contributed by atoms with Crippen LogP contribution < -0.4 is 19.5 Å². The Morgan fingerprint density at radius 2 is 1.87 bits per heavy atom. The molecule has 30 heavy (non-hydrogen) atoms. The van der Waals surface area contributed by atoms with E-state index in [1.165, 1.54) is 31.4 Å². The van der Waals surface area contributed by atoms with Crippen LogP contribution in [0.4, 0.5) is 13.2 Å². The number of amides is 1. The number of halogens is 3. The van der Waals surface area contributed by atoms with E-state index in [9.17, 15) is 18.0 Å². The van der Waals surface area contributed by atoms with Gasteiger partial charge in [0.1, 0.15) is 5.75 Å². The summed E-state index contributed by atoms with van der Waals surface area (Å²) in [6.45, 7) is 2.00. The number of nitrogens with one attached hydrogen (secondary N) is 1. The van der Waals surface area contributed by atoms with Crippen LogP contribution in [-0.4, -0.2) is 26.0 Å². The summed E-state index contributed by atoms with van der Waals surface area (Å²) in [5.74, 6) is 0.380. The highest BCUT2D eigenvalue weighted by Gasteiger charge is 2.31. The SMILES string of the molecule is COc1cc(C#N)ccc1OCCCC(=O)NC(C)c1ccc(OC(F)(F)F)cc1. The first-order valence-electron chi connectivity index (χ1n) is 9.08. The van der Waals surface area contributed by atoms with Crippen molar-refractivity contribution in [3.8, 4) is 23.3 Å². The second-order valence-corrected chi connectivity index (χ2v) is 6.34. The zero-order valence-corrected chi connectivity index (χ0v) is 16.5. The van der Waals surface area contributed by atoms with Gasteiger partial charge in [0.2, 0.25) is 5.91 Å². The molecule has 6 nitrogen and oxygen atoms in total. The fourth-order valence-electron chi connectivity index (χ4n) is 2.63. The maximum atomic E-state index is 12.2. The van der Waals surface area contributed by atoms with E-state index in [1.54, 1.807) is 25.1 Å². The van der Waals surface area contributed by atoms with Crippen molar-refractivity contribution in [1.82, 2.24) is 5.32 Å². The molecule has 1 unspecified atom stereocenters. The van der Waals surface area contributed by atoms with Gasteiger partial charge in [-0.3, -0.25) is 4.79 Å². The Kier molecular flexibility index (Phi) is 7.92. The molecule has 2 aromatic rings. The number of rotatable bonds is 9. The minimum atomic E-state index is -4.74. The Bertz CT molecular complexity index is 893. The number of hydrogen-bond acceptors (Lipinski definition) is 5. The van der Waals surface area contributed by atoms with E-state index in [0.29, 0.717) is 29.0 Å². The molecule has 0 saturated carbocycles. The van der Waals surface area contributed by atoms with Crippen molar-refractivity contribution in [2.75, 3.05) is 13.7 Å². The van der Waals surface area contributed by atoms with Crippen molar-refractivity contribution in [3.63, 3.8) is 0 Å². The van der Waals surface area contributed by atoms with Crippen LogP contribution in [0.25, 0.3) is 0 Å². The molecule has 1 amide bonds. The number of nitriles is 1. The molecule has 0 aliphatic carbocycles. The third-order valence-corrected chi connectivity index (χ3v) is 4.09. The molecule has 0 saturated heterocycles. The molecule has 0 aromatic heterocycles. The standard InChI is InChI=1S/C21H21F3N2O4/c1-14(16-6-8-17(9-7-16)30-21(22,23)24)26-20(27)4-3-11-29-18-10-5-15(13-25)12-19(18)28-2/h5-10,12,14H,3-4,11H2,1-2H3,(H,26,27). The summed E-state index contributed by atoms with van der Waals surface area (Å²) in [4.78, 5) is 12.1. The predicted octanol–water partition coefficient (Wildman–Crippen LogP) is 4.50. The van der Waals surface area contributed by atoms with Gasteiger partial charge in [-0.25, -0.2) is 0 Å². The van der Waals surface area contributed by atoms with Gasteiger partial charge in [0, 0.05) is 12.5 Å². The first kappa shape index (κ1) is 22.9. The summed E-state index contributed by atoms with van der Waals surface area (Å²) in [6.07, 6.45) is -4.09. The number of ether oxygens (including phenoxy) is 3. The highest BCUT2D eigenvalue weighted by atomic mass is 19.4. The largest absolute Gasteiger partial charge is 0.573 e. The number of carbonyl (C=O) groups is 1. The number of nitrogens with zero attached hydrogens (tertiary/aromatic N) is 1. The molecule has 2 aromatic carbocycles. The summed E-state index contributed by atoms with van der Waals surface area (Å²) in [5, 5.41) is 11.7. The lowest BCUT2D eigenvalue weighted by Crippen LogP contribution is -2.26. The Morgan fingerprint density at radius 3 is 2.47 bits per heavy atom. The van der Waals surface area contributed by atoms with Crippen LogP contribution in [0, 0.1) is 11.3 Å². The van der Waals surface area contributed by atoms with Crippen LogP contribution in [0.15, 0.2) is 42.5 Å². The molecular weight excluding hydrogens is 401 g/mol. The predicted molar refractivity (Wildman–Crippen MR) is 102 cm³/mol. The fraction of sp³-hybridized carbons (Fsp3) is 0.333. The summed E-state index contributed by atoms with van der Waals surface area (Å²) in [7, 11) is 1.47. The minimum absolute atomic E-state index is 0.207. The second-order valence-electron chi connectivity index (χ2n) is 6.34. The average molecular weight is 422 g/mol. The molecule has 1 N–H and O–H groups in total. The molecule has 0 aliphatic heterocycles. The lowest BCUT2D eigenvalue weighted by Gasteiger charge is -2.16. The van der Waals surface area contributed by atoms with Gasteiger partial charge < -0.3 is 19.5 Å². The normalized spacial score (nSPS) is 11.9. The molecule has 0 spiro atoms. The van der Waals surface area contributed by atoms with E-state index in [4.69, 9.17) is 14.7 Å². The first-order chi connectivity index (χ1) is 14.2. The first-order valence-corrected chi connectivity index (χ1v) is 9.08. The molecule has 1 atom stereocenters. The molecule has 0 heterocycles. The molecule has 9 heteroatoms. The van der Waals surface area contributed by atoms with Crippen molar-refractivity contribution in [3.05, 3.63) is 53.6 Å². The number of alkyl halides is 3. The molecule has 160 valence electrons. The highest BCUT2D eigenvalue weighted by molar-refractivity contribution is 5.76. The van der Waals surface area contributed by atoms with Crippen LogP contribution in [0.2, 0.25) is 0 Å². The van der Waals surface area contributed by atoms with Gasteiger partial charge in [-0.05, 0) is 43.2 Å². The maximum Gasteiger partial charge on any atom is 0.573 e. The average Bonchev–Trinajstić information content (AvgIpc) is 2.70. The van der Waals surface area contributed by atoms with Gasteiger partial charge in [-0.1, -0.05) is 12.1 Å².